The Kier molecular flexibility index (Phi) is 12.2. The van der Waals surface area contributed by atoms with Crippen molar-refractivity contribution in [3.05, 3.63) is 30.1 Å². The van der Waals surface area contributed by atoms with Gasteiger partial charge in [-0.05, 0) is 30.5 Å². The Morgan fingerprint density at radius 1 is 1.00 bits per heavy atom. The van der Waals surface area contributed by atoms with Crippen molar-refractivity contribution in [2.45, 2.75) is 37.3 Å². The molecule has 210 valence electrons. The lowest BCUT2D eigenvalue weighted by molar-refractivity contribution is -0.193. The number of piperidine rings is 1. The van der Waals surface area contributed by atoms with Crippen molar-refractivity contribution in [1.29, 1.82) is 0 Å². The summed E-state index contributed by atoms with van der Waals surface area (Å²) < 4.78 is 69.2. The average molecular weight is 546 g/mol. The predicted molar refractivity (Wildman–Crippen MR) is 115 cm³/mol. The second kappa shape index (κ2) is 14.1. The summed E-state index contributed by atoms with van der Waals surface area (Å²) in [6, 6.07) is 4.15. The number of nitrogens with one attached hydrogen (secondary N) is 1. The van der Waals surface area contributed by atoms with Crippen LogP contribution in [-0.2, 0) is 25.7 Å². The molecule has 1 aromatic rings. The highest BCUT2D eigenvalue weighted by Gasteiger charge is 2.42. The first kappa shape index (κ1) is 32.0. The van der Waals surface area contributed by atoms with Crippen molar-refractivity contribution >= 4 is 17.8 Å². The molecule has 1 amide bonds. The molecule has 37 heavy (non-hydrogen) atoms. The number of aromatic nitrogens is 1. The molecular formula is C21H28F6N4O6. The maximum atomic E-state index is 11.8. The summed E-state index contributed by atoms with van der Waals surface area (Å²) in [4.78, 5) is 38.5. The Balaban J connectivity index is 0.000000404. The van der Waals surface area contributed by atoms with E-state index < -0.39 is 24.3 Å². The number of carbonyl (C=O) groups is 3. The number of nitrogens with zero attached hydrogens (tertiary/aromatic N) is 3. The van der Waals surface area contributed by atoms with E-state index in [4.69, 9.17) is 24.5 Å². The maximum absolute atomic E-state index is 11.8. The van der Waals surface area contributed by atoms with Gasteiger partial charge in [-0.25, -0.2) is 9.59 Å². The van der Waals surface area contributed by atoms with Crippen molar-refractivity contribution in [2.75, 3.05) is 46.4 Å². The zero-order valence-electron chi connectivity index (χ0n) is 19.8. The third-order valence-corrected chi connectivity index (χ3v) is 5.59. The highest BCUT2D eigenvalue weighted by molar-refractivity contribution is 5.77. The molecule has 2 aliphatic heterocycles. The molecule has 3 heterocycles. The van der Waals surface area contributed by atoms with E-state index in [-0.39, 0.29) is 11.4 Å². The predicted octanol–water partition coefficient (Wildman–Crippen LogP) is 1.76. The number of hydrogen-bond acceptors (Lipinski definition) is 7. The maximum Gasteiger partial charge on any atom is 0.490 e. The minimum atomic E-state index is -5.08. The van der Waals surface area contributed by atoms with Gasteiger partial charge in [-0.15, -0.1) is 0 Å². The quantitative estimate of drug-likeness (QED) is 0.484. The van der Waals surface area contributed by atoms with Crippen molar-refractivity contribution in [2.24, 2.45) is 0 Å². The van der Waals surface area contributed by atoms with Gasteiger partial charge in [-0.3, -0.25) is 19.6 Å². The highest BCUT2D eigenvalue weighted by Crippen LogP contribution is 2.32. The summed E-state index contributed by atoms with van der Waals surface area (Å²) in [5.41, 5.74) is 1.33. The fraction of sp³-hybridized carbons (Fsp3) is 0.619. The third kappa shape index (κ3) is 11.3. The first-order valence-electron chi connectivity index (χ1n) is 10.9. The molecule has 0 atom stereocenters. The van der Waals surface area contributed by atoms with Crippen LogP contribution in [0, 0.1) is 0 Å². The van der Waals surface area contributed by atoms with Crippen LogP contribution in [0.15, 0.2) is 24.5 Å². The molecule has 10 nitrogen and oxygen atoms in total. The summed E-state index contributed by atoms with van der Waals surface area (Å²) in [5.74, 6) is -5.43. The van der Waals surface area contributed by atoms with Gasteiger partial charge in [0.15, 0.2) is 0 Å². The van der Waals surface area contributed by atoms with Crippen molar-refractivity contribution < 1.29 is 55.7 Å². The molecule has 0 bridgehead atoms. The van der Waals surface area contributed by atoms with Gasteiger partial charge >= 0.3 is 24.3 Å². The SMILES string of the molecule is CNC(=O)CN1CCOCC12CCN(Cc1ccncc1)CC2.O=C(O)C(F)(F)F.O=C(O)C(F)(F)F. The second-order valence-electron chi connectivity index (χ2n) is 8.11. The monoisotopic (exact) mass is 546 g/mol. The van der Waals surface area contributed by atoms with Gasteiger partial charge in [0.05, 0.1) is 19.8 Å². The summed E-state index contributed by atoms with van der Waals surface area (Å²) in [6.07, 6.45) is -4.37. The smallest absolute Gasteiger partial charge is 0.475 e. The molecular weight excluding hydrogens is 518 g/mol. The number of aliphatic carboxylic acids is 2. The van der Waals surface area contributed by atoms with Crippen LogP contribution in [0.5, 0.6) is 0 Å². The first-order valence-corrected chi connectivity index (χ1v) is 10.9. The minimum Gasteiger partial charge on any atom is -0.475 e. The first-order chi connectivity index (χ1) is 17.1. The zero-order valence-corrected chi connectivity index (χ0v) is 19.8. The number of carboxylic acid groups (broad SMARTS) is 2. The Bertz CT molecular complexity index is 853. The highest BCUT2D eigenvalue weighted by atomic mass is 19.4. The number of rotatable bonds is 4. The molecule has 0 unspecified atom stereocenters. The van der Waals surface area contributed by atoms with Crippen LogP contribution in [0.3, 0.4) is 0 Å². The second-order valence-corrected chi connectivity index (χ2v) is 8.11. The molecule has 0 saturated carbocycles. The molecule has 2 fully saturated rings. The number of carbonyl (C=O) groups excluding carboxylic acids is 1. The van der Waals surface area contributed by atoms with E-state index in [9.17, 15) is 31.1 Å². The third-order valence-electron chi connectivity index (χ3n) is 5.59. The van der Waals surface area contributed by atoms with Gasteiger partial charge in [-0.1, -0.05) is 0 Å². The van der Waals surface area contributed by atoms with E-state index >= 15 is 0 Å². The van der Waals surface area contributed by atoms with Crippen molar-refractivity contribution in [3.63, 3.8) is 0 Å². The van der Waals surface area contributed by atoms with Crippen LogP contribution in [0.1, 0.15) is 18.4 Å². The molecule has 0 aliphatic carbocycles. The van der Waals surface area contributed by atoms with E-state index in [0.29, 0.717) is 6.54 Å². The van der Waals surface area contributed by atoms with Gasteiger partial charge in [0, 0.05) is 51.2 Å². The van der Waals surface area contributed by atoms with Crippen LogP contribution < -0.4 is 5.32 Å². The summed E-state index contributed by atoms with van der Waals surface area (Å²) in [6.45, 7) is 5.83. The fourth-order valence-electron chi connectivity index (χ4n) is 3.60. The van der Waals surface area contributed by atoms with E-state index in [1.807, 2.05) is 12.4 Å². The summed E-state index contributed by atoms with van der Waals surface area (Å²) in [7, 11) is 1.70. The standard InChI is InChI=1S/C17H26N4O2.2C2HF3O2/c1-18-16(22)13-21-10-11-23-14-17(21)4-8-20(9-5-17)12-15-2-6-19-7-3-15;2*3-2(4,5)1(6)7/h2-3,6-7H,4-5,8-14H2,1H3,(H,18,22);2*(H,6,7). The van der Waals surface area contributed by atoms with Crippen molar-refractivity contribution in [3.8, 4) is 0 Å². The molecule has 0 radical (unpaired) electrons. The van der Waals surface area contributed by atoms with Crippen LogP contribution >= 0.6 is 0 Å². The van der Waals surface area contributed by atoms with Crippen LogP contribution in [-0.4, -0.2) is 107 Å². The van der Waals surface area contributed by atoms with Crippen LogP contribution in [0.25, 0.3) is 0 Å². The van der Waals surface area contributed by atoms with Crippen LogP contribution in [0.4, 0.5) is 26.3 Å². The molecule has 3 N–H and O–H groups in total. The number of halogens is 6. The van der Waals surface area contributed by atoms with Gasteiger partial charge in [0.25, 0.3) is 0 Å². The number of ether oxygens (including phenoxy) is 1. The Labute approximate surface area is 208 Å². The van der Waals surface area contributed by atoms with Gasteiger partial charge < -0.3 is 20.3 Å². The Morgan fingerprint density at radius 3 is 1.92 bits per heavy atom. The molecule has 16 heteroatoms. The van der Waals surface area contributed by atoms with E-state index in [1.165, 1.54) is 5.56 Å². The number of carboxylic acids is 2. The zero-order chi connectivity index (χ0) is 28.3. The number of morpholine rings is 1. The number of alkyl halides is 6. The van der Waals surface area contributed by atoms with E-state index in [2.05, 4.69) is 32.2 Å². The lowest BCUT2D eigenvalue weighted by Crippen LogP contribution is -2.62. The van der Waals surface area contributed by atoms with E-state index in [1.54, 1.807) is 7.05 Å². The van der Waals surface area contributed by atoms with Crippen molar-refractivity contribution in [1.82, 2.24) is 20.1 Å². The van der Waals surface area contributed by atoms with Crippen LogP contribution in [0.2, 0.25) is 0 Å². The normalized spacial score (nSPS) is 18.0. The lowest BCUT2D eigenvalue weighted by atomic mass is 9.85. The number of hydrogen-bond donors (Lipinski definition) is 3. The number of likely N-dealkylation sites (tertiary alicyclic amines) is 1. The fourth-order valence-corrected chi connectivity index (χ4v) is 3.60. The lowest BCUT2D eigenvalue weighted by Gasteiger charge is -2.50. The molecule has 1 spiro atoms. The number of likely N-dealkylation sites (N-methyl/N-ethyl adjacent to an activating group) is 1. The van der Waals surface area contributed by atoms with Gasteiger partial charge in [0.2, 0.25) is 5.91 Å². The number of amides is 1. The molecule has 2 saturated heterocycles. The van der Waals surface area contributed by atoms with Gasteiger partial charge in [0.1, 0.15) is 0 Å². The summed E-state index contributed by atoms with van der Waals surface area (Å²) >= 11 is 0. The molecule has 0 aromatic carbocycles. The minimum absolute atomic E-state index is 0.0273. The van der Waals surface area contributed by atoms with E-state index in [0.717, 1.165) is 52.2 Å². The Hall–Kier alpha value is -2.98. The number of pyridine rings is 1. The average Bonchev–Trinajstić information content (AvgIpc) is 2.82. The molecule has 2 aliphatic rings. The largest absolute Gasteiger partial charge is 0.490 e. The topological polar surface area (TPSA) is 132 Å². The summed E-state index contributed by atoms with van der Waals surface area (Å²) in [5, 5.41) is 17.0. The van der Waals surface area contributed by atoms with Gasteiger partial charge in [-0.2, -0.15) is 26.3 Å². The molecule has 1 aromatic heterocycles. The Morgan fingerprint density at radius 2 is 1.49 bits per heavy atom. The molecule has 3 rings (SSSR count).